The predicted molar refractivity (Wildman–Crippen MR) is 104 cm³/mol. The summed E-state index contributed by atoms with van der Waals surface area (Å²) in [4.78, 5) is 30.9. The SMILES string of the molecule is COCCCN1C(=O)C(=O)/C(=C(/O)c2ccncc2)C1c1cccc(Br)c1. The van der Waals surface area contributed by atoms with Crippen LogP contribution in [-0.2, 0) is 14.3 Å². The second-order valence-electron chi connectivity index (χ2n) is 6.13. The van der Waals surface area contributed by atoms with E-state index >= 15 is 0 Å². The molecule has 0 spiro atoms. The van der Waals surface area contributed by atoms with Crippen molar-refractivity contribution in [3.63, 3.8) is 0 Å². The molecule has 0 radical (unpaired) electrons. The van der Waals surface area contributed by atoms with E-state index in [2.05, 4.69) is 20.9 Å². The molecular weight excluding hydrogens is 412 g/mol. The van der Waals surface area contributed by atoms with Gasteiger partial charge in [0.2, 0.25) is 0 Å². The van der Waals surface area contributed by atoms with Gasteiger partial charge in [0, 0.05) is 42.7 Å². The van der Waals surface area contributed by atoms with Gasteiger partial charge in [-0.3, -0.25) is 14.6 Å². The van der Waals surface area contributed by atoms with Crippen molar-refractivity contribution in [1.29, 1.82) is 0 Å². The van der Waals surface area contributed by atoms with Crippen molar-refractivity contribution >= 4 is 33.4 Å². The summed E-state index contributed by atoms with van der Waals surface area (Å²) in [6, 6.07) is 9.93. The van der Waals surface area contributed by atoms with Crippen LogP contribution in [0.5, 0.6) is 0 Å². The molecule has 140 valence electrons. The van der Waals surface area contributed by atoms with Gasteiger partial charge in [-0.05, 0) is 36.2 Å². The molecule has 1 aromatic heterocycles. The Hall–Kier alpha value is -2.51. The Morgan fingerprint density at radius 1 is 1.26 bits per heavy atom. The highest BCUT2D eigenvalue weighted by molar-refractivity contribution is 9.10. The lowest BCUT2D eigenvalue weighted by Crippen LogP contribution is -2.31. The van der Waals surface area contributed by atoms with Gasteiger partial charge in [-0.1, -0.05) is 28.1 Å². The summed E-state index contributed by atoms with van der Waals surface area (Å²) in [7, 11) is 1.59. The summed E-state index contributed by atoms with van der Waals surface area (Å²) in [6.07, 6.45) is 3.64. The fourth-order valence-corrected chi connectivity index (χ4v) is 3.60. The molecule has 1 fully saturated rings. The summed E-state index contributed by atoms with van der Waals surface area (Å²) in [5.74, 6) is -1.51. The van der Waals surface area contributed by atoms with E-state index in [4.69, 9.17) is 4.74 Å². The van der Waals surface area contributed by atoms with E-state index in [1.54, 1.807) is 19.2 Å². The van der Waals surface area contributed by atoms with Crippen molar-refractivity contribution in [2.75, 3.05) is 20.3 Å². The largest absolute Gasteiger partial charge is 0.507 e. The highest BCUT2D eigenvalue weighted by Crippen LogP contribution is 2.39. The van der Waals surface area contributed by atoms with E-state index in [0.717, 1.165) is 10.0 Å². The van der Waals surface area contributed by atoms with Crippen molar-refractivity contribution in [3.8, 4) is 0 Å². The minimum Gasteiger partial charge on any atom is -0.507 e. The molecule has 6 nitrogen and oxygen atoms in total. The number of benzene rings is 1. The number of methoxy groups -OCH3 is 1. The number of halogens is 1. The van der Waals surface area contributed by atoms with Crippen LogP contribution in [0, 0.1) is 0 Å². The molecule has 1 N–H and O–H groups in total. The fraction of sp³-hybridized carbons (Fsp3) is 0.250. The number of rotatable bonds is 6. The van der Waals surface area contributed by atoms with E-state index in [-0.39, 0.29) is 11.3 Å². The molecule has 3 rings (SSSR count). The van der Waals surface area contributed by atoms with Crippen LogP contribution >= 0.6 is 15.9 Å². The second-order valence-corrected chi connectivity index (χ2v) is 7.05. The number of aliphatic hydroxyl groups excluding tert-OH is 1. The number of nitrogens with zero attached hydrogens (tertiary/aromatic N) is 2. The maximum absolute atomic E-state index is 12.8. The lowest BCUT2D eigenvalue weighted by atomic mass is 9.95. The molecular formula is C20H19BrN2O4. The monoisotopic (exact) mass is 430 g/mol. The number of aromatic nitrogens is 1. The van der Waals surface area contributed by atoms with Crippen LogP contribution in [0.25, 0.3) is 5.76 Å². The molecule has 1 amide bonds. The molecule has 27 heavy (non-hydrogen) atoms. The molecule has 0 aliphatic carbocycles. The number of likely N-dealkylation sites (tertiary alicyclic amines) is 1. The van der Waals surface area contributed by atoms with Crippen LogP contribution in [0.1, 0.15) is 23.6 Å². The smallest absolute Gasteiger partial charge is 0.295 e. The molecule has 1 atom stereocenters. The zero-order chi connectivity index (χ0) is 19.4. The first kappa shape index (κ1) is 19.3. The molecule has 1 aromatic carbocycles. The van der Waals surface area contributed by atoms with Gasteiger partial charge in [-0.2, -0.15) is 0 Å². The topological polar surface area (TPSA) is 79.7 Å². The lowest BCUT2D eigenvalue weighted by Gasteiger charge is -2.25. The molecule has 0 bridgehead atoms. The maximum Gasteiger partial charge on any atom is 0.295 e. The highest BCUT2D eigenvalue weighted by atomic mass is 79.9. The summed E-state index contributed by atoms with van der Waals surface area (Å²) in [5.41, 5.74) is 1.28. The number of Topliss-reactive ketones (excluding diaryl/α,β-unsaturated/α-hetero) is 1. The number of hydrogen-bond donors (Lipinski definition) is 1. The molecule has 7 heteroatoms. The number of ether oxygens (including phenoxy) is 1. The van der Waals surface area contributed by atoms with Gasteiger partial charge in [-0.15, -0.1) is 0 Å². The normalized spacial score (nSPS) is 18.9. The van der Waals surface area contributed by atoms with E-state index in [1.807, 2.05) is 24.3 Å². The molecule has 1 aliphatic rings. The average Bonchev–Trinajstić information content (AvgIpc) is 2.93. The van der Waals surface area contributed by atoms with Gasteiger partial charge in [0.1, 0.15) is 5.76 Å². The minimum absolute atomic E-state index is 0.0849. The first-order chi connectivity index (χ1) is 13.0. The van der Waals surface area contributed by atoms with Crippen LogP contribution in [0.15, 0.2) is 58.8 Å². The van der Waals surface area contributed by atoms with Crippen LogP contribution in [0.2, 0.25) is 0 Å². The maximum atomic E-state index is 12.8. The molecule has 1 saturated heterocycles. The van der Waals surface area contributed by atoms with Gasteiger partial charge in [0.05, 0.1) is 11.6 Å². The first-order valence-corrected chi connectivity index (χ1v) is 9.27. The van der Waals surface area contributed by atoms with E-state index < -0.39 is 17.7 Å². The van der Waals surface area contributed by atoms with Crippen LogP contribution in [0.4, 0.5) is 0 Å². The zero-order valence-electron chi connectivity index (χ0n) is 14.8. The second kappa shape index (κ2) is 8.45. The number of pyridine rings is 1. The van der Waals surface area contributed by atoms with E-state index in [0.29, 0.717) is 25.1 Å². The lowest BCUT2D eigenvalue weighted by molar-refractivity contribution is -0.140. The third-order valence-electron chi connectivity index (χ3n) is 4.41. The van der Waals surface area contributed by atoms with Gasteiger partial charge in [0.25, 0.3) is 11.7 Å². The number of amides is 1. The minimum atomic E-state index is -0.688. The van der Waals surface area contributed by atoms with Crippen molar-refractivity contribution in [2.45, 2.75) is 12.5 Å². The van der Waals surface area contributed by atoms with Crippen LogP contribution in [-0.4, -0.2) is 46.9 Å². The number of carbonyl (C=O) groups excluding carboxylic acids is 2. The Kier molecular flexibility index (Phi) is 6.03. The summed E-state index contributed by atoms with van der Waals surface area (Å²) in [6.45, 7) is 0.821. The first-order valence-electron chi connectivity index (χ1n) is 8.47. The van der Waals surface area contributed by atoms with E-state index in [1.165, 1.54) is 17.3 Å². The standard InChI is InChI=1S/C20H19BrN2O4/c1-27-11-3-10-23-17(14-4-2-5-15(21)12-14)16(19(25)20(23)26)18(24)13-6-8-22-9-7-13/h2,4-9,12,17,24H,3,10-11H2,1H3/b18-16+. The Morgan fingerprint density at radius 3 is 2.67 bits per heavy atom. The summed E-state index contributed by atoms with van der Waals surface area (Å²) >= 11 is 3.43. The predicted octanol–water partition coefficient (Wildman–Crippen LogP) is 3.30. The van der Waals surface area contributed by atoms with Crippen molar-refractivity contribution in [1.82, 2.24) is 9.88 Å². The van der Waals surface area contributed by atoms with Crippen molar-refractivity contribution in [2.24, 2.45) is 0 Å². The quantitative estimate of drug-likeness (QED) is 0.329. The van der Waals surface area contributed by atoms with Crippen LogP contribution in [0.3, 0.4) is 0 Å². The van der Waals surface area contributed by atoms with Crippen molar-refractivity contribution < 1.29 is 19.4 Å². The number of aliphatic hydroxyl groups is 1. The Bertz CT molecular complexity index is 883. The van der Waals surface area contributed by atoms with Gasteiger partial charge in [0.15, 0.2) is 0 Å². The van der Waals surface area contributed by atoms with E-state index in [9.17, 15) is 14.7 Å². The molecule has 0 saturated carbocycles. The number of ketones is 1. The Balaban J connectivity index is 2.12. The van der Waals surface area contributed by atoms with Gasteiger partial charge < -0.3 is 14.7 Å². The molecule has 1 aliphatic heterocycles. The number of carbonyl (C=O) groups is 2. The van der Waals surface area contributed by atoms with Crippen LogP contribution < -0.4 is 0 Å². The van der Waals surface area contributed by atoms with Gasteiger partial charge >= 0.3 is 0 Å². The summed E-state index contributed by atoms with van der Waals surface area (Å²) < 4.78 is 5.89. The highest BCUT2D eigenvalue weighted by Gasteiger charge is 2.45. The molecule has 1 unspecified atom stereocenters. The third kappa shape index (κ3) is 3.94. The zero-order valence-corrected chi connectivity index (χ0v) is 16.3. The molecule has 2 aromatic rings. The van der Waals surface area contributed by atoms with Gasteiger partial charge in [-0.25, -0.2) is 0 Å². The fourth-order valence-electron chi connectivity index (χ4n) is 3.18. The number of hydrogen-bond acceptors (Lipinski definition) is 5. The Labute approximate surface area is 165 Å². The summed E-state index contributed by atoms with van der Waals surface area (Å²) in [5, 5.41) is 10.8. The molecule has 2 heterocycles. The Morgan fingerprint density at radius 2 is 2.00 bits per heavy atom. The van der Waals surface area contributed by atoms with Crippen molar-refractivity contribution in [3.05, 3.63) is 70.0 Å². The third-order valence-corrected chi connectivity index (χ3v) is 4.90. The average molecular weight is 431 g/mol.